The third-order valence-electron chi connectivity index (χ3n) is 4.69. The minimum absolute atomic E-state index is 0.667. The molecule has 2 nitrogen and oxygen atoms in total. The summed E-state index contributed by atoms with van der Waals surface area (Å²) in [7, 11) is 0. The highest BCUT2D eigenvalue weighted by Gasteiger charge is 2.35. The molecular weight excluding hydrogens is 196 g/mol. The van der Waals surface area contributed by atoms with E-state index in [0.717, 1.165) is 24.4 Å². The van der Waals surface area contributed by atoms with Gasteiger partial charge >= 0.3 is 0 Å². The monoisotopic (exact) mass is 224 g/mol. The summed E-state index contributed by atoms with van der Waals surface area (Å²) in [5.41, 5.74) is 6.05. The molecule has 0 aromatic rings. The molecule has 94 valence electrons. The fourth-order valence-electron chi connectivity index (χ4n) is 3.91. The summed E-state index contributed by atoms with van der Waals surface area (Å²) >= 11 is 0. The third kappa shape index (κ3) is 2.60. The Bertz CT molecular complexity index is 211. The van der Waals surface area contributed by atoms with E-state index >= 15 is 0 Å². The summed E-state index contributed by atoms with van der Waals surface area (Å²) in [4.78, 5) is 2.71. The van der Waals surface area contributed by atoms with E-state index in [1.54, 1.807) is 0 Å². The van der Waals surface area contributed by atoms with Gasteiger partial charge in [-0.2, -0.15) is 0 Å². The van der Waals surface area contributed by atoms with Crippen LogP contribution in [-0.4, -0.2) is 30.1 Å². The molecule has 2 N–H and O–H groups in total. The van der Waals surface area contributed by atoms with Crippen molar-refractivity contribution in [2.45, 2.75) is 64.5 Å². The summed E-state index contributed by atoms with van der Waals surface area (Å²) in [6.45, 7) is 6.90. The molecule has 0 aromatic carbocycles. The Morgan fingerprint density at radius 2 is 1.88 bits per heavy atom. The third-order valence-corrected chi connectivity index (χ3v) is 4.69. The molecule has 3 atom stereocenters. The van der Waals surface area contributed by atoms with Crippen molar-refractivity contribution in [1.82, 2.24) is 4.90 Å². The van der Waals surface area contributed by atoms with Gasteiger partial charge in [0.25, 0.3) is 0 Å². The summed E-state index contributed by atoms with van der Waals surface area (Å²) in [6.07, 6.45) is 8.50. The molecule has 2 fully saturated rings. The lowest BCUT2D eigenvalue weighted by atomic mass is 9.83. The highest BCUT2D eigenvalue weighted by molar-refractivity contribution is 4.90. The number of rotatable bonds is 3. The van der Waals surface area contributed by atoms with Crippen LogP contribution in [0.2, 0.25) is 0 Å². The van der Waals surface area contributed by atoms with Gasteiger partial charge in [0.2, 0.25) is 0 Å². The van der Waals surface area contributed by atoms with Crippen LogP contribution in [-0.2, 0) is 0 Å². The fourth-order valence-corrected chi connectivity index (χ4v) is 3.91. The van der Waals surface area contributed by atoms with Gasteiger partial charge in [-0.3, -0.25) is 4.90 Å². The molecule has 1 saturated carbocycles. The van der Waals surface area contributed by atoms with Crippen molar-refractivity contribution < 1.29 is 0 Å². The Hall–Kier alpha value is -0.0800. The van der Waals surface area contributed by atoms with Crippen molar-refractivity contribution in [3.63, 3.8) is 0 Å². The van der Waals surface area contributed by atoms with Crippen molar-refractivity contribution in [2.75, 3.05) is 13.1 Å². The van der Waals surface area contributed by atoms with Gasteiger partial charge in [0.15, 0.2) is 0 Å². The Morgan fingerprint density at radius 1 is 1.19 bits per heavy atom. The van der Waals surface area contributed by atoms with E-state index in [2.05, 4.69) is 18.7 Å². The predicted molar refractivity (Wildman–Crippen MR) is 69.4 cm³/mol. The van der Waals surface area contributed by atoms with Gasteiger partial charge in [0.1, 0.15) is 0 Å². The molecule has 0 bridgehead atoms. The Balaban J connectivity index is 1.97. The van der Waals surface area contributed by atoms with Crippen LogP contribution in [0.4, 0.5) is 0 Å². The first-order valence-corrected chi connectivity index (χ1v) is 7.18. The lowest BCUT2D eigenvalue weighted by Crippen LogP contribution is -2.47. The lowest BCUT2D eigenvalue weighted by Gasteiger charge is -2.38. The normalized spacial score (nSPS) is 35.4. The van der Waals surface area contributed by atoms with Gasteiger partial charge < -0.3 is 5.73 Å². The van der Waals surface area contributed by atoms with Gasteiger partial charge in [0.05, 0.1) is 0 Å². The molecule has 0 radical (unpaired) electrons. The second kappa shape index (κ2) is 5.50. The zero-order valence-corrected chi connectivity index (χ0v) is 11.0. The molecule has 2 heteroatoms. The van der Waals surface area contributed by atoms with Gasteiger partial charge in [-0.15, -0.1) is 0 Å². The topological polar surface area (TPSA) is 29.3 Å². The maximum Gasteiger partial charge on any atom is 0.0249 e. The first-order valence-electron chi connectivity index (χ1n) is 7.18. The van der Waals surface area contributed by atoms with Crippen molar-refractivity contribution in [2.24, 2.45) is 17.6 Å². The number of hydrogen-bond donors (Lipinski definition) is 1. The quantitative estimate of drug-likeness (QED) is 0.798. The molecule has 2 aliphatic rings. The minimum atomic E-state index is 0.667. The molecular formula is C14H28N2. The highest BCUT2D eigenvalue weighted by Crippen LogP contribution is 2.33. The first-order chi connectivity index (χ1) is 7.72. The molecule has 2 rings (SSSR count). The Kier molecular flexibility index (Phi) is 4.26. The highest BCUT2D eigenvalue weighted by atomic mass is 15.2. The largest absolute Gasteiger partial charge is 0.329 e. The van der Waals surface area contributed by atoms with E-state index in [1.807, 2.05) is 0 Å². The van der Waals surface area contributed by atoms with Crippen molar-refractivity contribution in [3.8, 4) is 0 Å². The molecule has 0 amide bonds. The van der Waals surface area contributed by atoms with Gasteiger partial charge in [-0.25, -0.2) is 0 Å². The molecule has 0 aromatic heterocycles. The molecule has 1 saturated heterocycles. The summed E-state index contributed by atoms with van der Waals surface area (Å²) in [5, 5.41) is 0. The van der Waals surface area contributed by atoms with E-state index < -0.39 is 0 Å². The van der Waals surface area contributed by atoms with Crippen LogP contribution >= 0.6 is 0 Å². The molecule has 16 heavy (non-hydrogen) atoms. The zero-order valence-electron chi connectivity index (χ0n) is 11.0. The van der Waals surface area contributed by atoms with Crippen LogP contribution in [0.3, 0.4) is 0 Å². The first kappa shape index (κ1) is 12.4. The Morgan fingerprint density at radius 3 is 2.38 bits per heavy atom. The smallest absolute Gasteiger partial charge is 0.0249 e. The van der Waals surface area contributed by atoms with Crippen molar-refractivity contribution >= 4 is 0 Å². The van der Waals surface area contributed by atoms with E-state index in [0.29, 0.717) is 6.04 Å². The van der Waals surface area contributed by atoms with Crippen LogP contribution in [0, 0.1) is 11.8 Å². The van der Waals surface area contributed by atoms with Gasteiger partial charge in [0, 0.05) is 25.2 Å². The average molecular weight is 224 g/mol. The SMILES string of the molecule is CC1CC(C)N(C(CN)C2CCCCC2)C1. The van der Waals surface area contributed by atoms with E-state index in [1.165, 1.54) is 45.1 Å². The molecule has 3 unspecified atom stereocenters. The van der Waals surface area contributed by atoms with Crippen LogP contribution in [0.15, 0.2) is 0 Å². The van der Waals surface area contributed by atoms with Crippen LogP contribution in [0.5, 0.6) is 0 Å². The number of nitrogens with zero attached hydrogens (tertiary/aromatic N) is 1. The van der Waals surface area contributed by atoms with Crippen LogP contribution < -0.4 is 5.73 Å². The molecule has 1 aliphatic heterocycles. The van der Waals surface area contributed by atoms with E-state index in [-0.39, 0.29) is 0 Å². The second-order valence-electron chi connectivity index (χ2n) is 6.09. The van der Waals surface area contributed by atoms with Gasteiger partial charge in [-0.1, -0.05) is 26.2 Å². The maximum atomic E-state index is 6.05. The average Bonchev–Trinajstić information content (AvgIpc) is 2.61. The zero-order chi connectivity index (χ0) is 11.5. The number of nitrogens with two attached hydrogens (primary N) is 1. The standard InChI is InChI=1S/C14H28N2/c1-11-8-12(2)16(10-11)14(9-15)13-6-4-3-5-7-13/h11-14H,3-10,15H2,1-2H3. The van der Waals surface area contributed by atoms with E-state index in [9.17, 15) is 0 Å². The predicted octanol–water partition coefficient (Wildman–Crippen LogP) is 2.62. The van der Waals surface area contributed by atoms with Crippen molar-refractivity contribution in [1.29, 1.82) is 0 Å². The fraction of sp³-hybridized carbons (Fsp3) is 1.00. The summed E-state index contributed by atoms with van der Waals surface area (Å²) in [5.74, 6) is 1.75. The molecule has 1 heterocycles. The van der Waals surface area contributed by atoms with Crippen LogP contribution in [0.25, 0.3) is 0 Å². The lowest BCUT2D eigenvalue weighted by molar-refractivity contribution is 0.114. The van der Waals surface area contributed by atoms with Gasteiger partial charge in [-0.05, 0) is 38.0 Å². The number of likely N-dealkylation sites (tertiary alicyclic amines) is 1. The Labute approximate surface area is 101 Å². The molecule has 0 spiro atoms. The van der Waals surface area contributed by atoms with Crippen LogP contribution in [0.1, 0.15) is 52.4 Å². The number of hydrogen-bond acceptors (Lipinski definition) is 2. The molecule has 1 aliphatic carbocycles. The maximum absolute atomic E-state index is 6.05. The summed E-state index contributed by atoms with van der Waals surface area (Å²) in [6, 6.07) is 1.42. The van der Waals surface area contributed by atoms with Crippen molar-refractivity contribution in [3.05, 3.63) is 0 Å². The minimum Gasteiger partial charge on any atom is -0.329 e. The van der Waals surface area contributed by atoms with E-state index in [4.69, 9.17) is 5.73 Å². The second-order valence-corrected chi connectivity index (χ2v) is 6.09. The summed E-state index contributed by atoms with van der Waals surface area (Å²) < 4.78 is 0.